The Morgan fingerprint density at radius 3 is 2.52 bits per heavy atom. The van der Waals surface area contributed by atoms with Crippen LogP contribution in [0.2, 0.25) is 0 Å². The van der Waals surface area contributed by atoms with E-state index in [2.05, 4.69) is 10.6 Å². The van der Waals surface area contributed by atoms with Gasteiger partial charge < -0.3 is 20.1 Å². The van der Waals surface area contributed by atoms with Crippen LogP contribution < -0.4 is 10.6 Å². The van der Waals surface area contributed by atoms with E-state index in [1.807, 2.05) is 36.4 Å². The van der Waals surface area contributed by atoms with Crippen LogP contribution in [-0.4, -0.2) is 37.7 Å². The molecule has 0 heterocycles. The molecule has 0 radical (unpaired) electrons. The summed E-state index contributed by atoms with van der Waals surface area (Å²) in [5.74, 6) is -1.15. The van der Waals surface area contributed by atoms with Gasteiger partial charge in [-0.25, -0.2) is 9.59 Å². The Morgan fingerprint density at radius 2 is 1.86 bits per heavy atom. The molecule has 0 bridgehead atoms. The molecule has 8 nitrogen and oxygen atoms in total. The van der Waals surface area contributed by atoms with Crippen LogP contribution in [0.1, 0.15) is 44.6 Å². The molecule has 158 valence electrons. The normalized spacial score (nSPS) is 12.2. The third-order valence-corrected chi connectivity index (χ3v) is 4.32. The molecule has 2 atom stereocenters. The van der Waals surface area contributed by atoms with E-state index in [1.165, 1.54) is 7.11 Å². The number of benzene rings is 1. The summed E-state index contributed by atoms with van der Waals surface area (Å²) in [6, 6.07) is 10.6. The summed E-state index contributed by atoms with van der Waals surface area (Å²) in [6.07, 6.45) is 1.99. The second kappa shape index (κ2) is 14.0. The third kappa shape index (κ3) is 10.1. The lowest BCUT2D eigenvalue weighted by Crippen LogP contribution is -2.45. The van der Waals surface area contributed by atoms with E-state index < -0.39 is 18.1 Å². The molecule has 0 saturated heterocycles. The predicted molar refractivity (Wildman–Crippen MR) is 106 cm³/mol. The van der Waals surface area contributed by atoms with E-state index in [0.29, 0.717) is 19.4 Å². The summed E-state index contributed by atoms with van der Waals surface area (Å²) in [5.41, 5.74) is 0.919. The number of rotatable bonds is 12. The van der Waals surface area contributed by atoms with Crippen molar-refractivity contribution in [3.63, 3.8) is 0 Å². The fourth-order valence-corrected chi connectivity index (χ4v) is 2.62. The first-order chi connectivity index (χ1) is 14.0. The molecule has 1 rings (SSSR count). The third-order valence-electron chi connectivity index (χ3n) is 4.32. The smallest absolute Gasteiger partial charge is 0.407 e. The van der Waals surface area contributed by atoms with Gasteiger partial charge in [-0.05, 0) is 18.4 Å². The van der Waals surface area contributed by atoms with Crippen LogP contribution in [0.25, 0.3) is 0 Å². The standard InChI is InChI=1S/C21H29N3O5/c1-16(12-13-22)19(20(26)28-2)24-18(25)11-7-4-8-14-23-21(27)29-15-17-9-5-3-6-10-17/h3,5-6,9-10,16,19H,4,7-8,11-12,14-15H2,1-2H3,(H,23,27)(H,24,25)/t16-,19-/m0/s1. The molecule has 0 spiro atoms. The topological polar surface area (TPSA) is 118 Å². The van der Waals surface area contributed by atoms with Crippen molar-refractivity contribution in [2.24, 2.45) is 5.92 Å². The van der Waals surface area contributed by atoms with Crippen LogP contribution in [0.3, 0.4) is 0 Å². The Kier molecular flexibility index (Phi) is 11.6. The number of ether oxygens (including phenoxy) is 2. The predicted octanol–water partition coefficient (Wildman–Crippen LogP) is 2.68. The minimum absolute atomic E-state index is 0.145. The van der Waals surface area contributed by atoms with Gasteiger partial charge in [0.2, 0.25) is 5.91 Å². The fraction of sp³-hybridized carbons (Fsp3) is 0.524. The minimum Gasteiger partial charge on any atom is -0.467 e. The van der Waals surface area contributed by atoms with Gasteiger partial charge in [0.15, 0.2) is 0 Å². The second-order valence-electron chi connectivity index (χ2n) is 6.71. The molecule has 0 aliphatic heterocycles. The number of nitrogens with zero attached hydrogens (tertiary/aromatic N) is 1. The van der Waals surface area contributed by atoms with Gasteiger partial charge in [0.25, 0.3) is 0 Å². The van der Waals surface area contributed by atoms with Crippen LogP contribution in [0, 0.1) is 17.2 Å². The van der Waals surface area contributed by atoms with Gasteiger partial charge in [-0.1, -0.05) is 43.7 Å². The van der Waals surface area contributed by atoms with E-state index in [1.54, 1.807) is 6.92 Å². The van der Waals surface area contributed by atoms with E-state index in [9.17, 15) is 14.4 Å². The summed E-state index contributed by atoms with van der Waals surface area (Å²) in [7, 11) is 1.25. The lowest BCUT2D eigenvalue weighted by Gasteiger charge is -2.21. The zero-order valence-electron chi connectivity index (χ0n) is 17.0. The second-order valence-corrected chi connectivity index (χ2v) is 6.71. The Bertz CT molecular complexity index is 687. The maximum Gasteiger partial charge on any atom is 0.407 e. The molecular weight excluding hydrogens is 374 g/mol. The number of methoxy groups -OCH3 is 1. The van der Waals surface area contributed by atoms with Crippen molar-refractivity contribution in [1.82, 2.24) is 10.6 Å². The zero-order valence-corrected chi connectivity index (χ0v) is 17.0. The van der Waals surface area contributed by atoms with Gasteiger partial charge in [0.05, 0.1) is 13.2 Å². The van der Waals surface area contributed by atoms with Gasteiger partial charge in [-0.15, -0.1) is 0 Å². The summed E-state index contributed by atoms with van der Waals surface area (Å²) in [6.45, 7) is 2.39. The lowest BCUT2D eigenvalue weighted by atomic mass is 9.98. The zero-order chi connectivity index (χ0) is 21.5. The molecule has 0 aliphatic rings. The molecule has 2 N–H and O–H groups in total. The summed E-state index contributed by atoms with van der Waals surface area (Å²) >= 11 is 0. The summed E-state index contributed by atoms with van der Waals surface area (Å²) in [4.78, 5) is 35.5. The van der Waals surface area contributed by atoms with E-state index in [-0.39, 0.29) is 31.3 Å². The van der Waals surface area contributed by atoms with Crippen molar-refractivity contribution < 1.29 is 23.9 Å². The molecule has 2 amide bonds. The maximum absolute atomic E-state index is 12.1. The molecule has 0 aliphatic carbocycles. The summed E-state index contributed by atoms with van der Waals surface area (Å²) < 4.78 is 9.80. The number of carbonyl (C=O) groups excluding carboxylic acids is 3. The van der Waals surface area contributed by atoms with Gasteiger partial charge in [-0.2, -0.15) is 5.26 Å². The number of nitrogens with one attached hydrogen (secondary N) is 2. The molecular formula is C21H29N3O5. The van der Waals surface area contributed by atoms with Crippen LogP contribution in [0.15, 0.2) is 30.3 Å². The highest BCUT2D eigenvalue weighted by Crippen LogP contribution is 2.10. The first-order valence-corrected chi connectivity index (χ1v) is 9.66. The SMILES string of the molecule is COC(=O)[C@@H](NC(=O)CCCCCNC(=O)OCc1ccccc1)[C@@H](C)CC#N. The van der Waals surface area contributed by atoms with Crippen LogP contribution in [0.4, 0.5) is 4.79 Å². The number of alkyl carbamates (subject to hydrolysis) is 1. The highest BCUT2D eigenvalue weighted by atomic mass is 16.5. The molecule has 29 heavy (non-hydrogen) atoms. The number of hydrogen-bond acceptors (Lipinski definition) is 6. The Balaban J connectivity index is 2.16. The van der Waals surface area contributed by atoms with Crippen molar-refractivity contribution in [2.75, 3.05) is 13.7 Å². The number of nitriles is 1. The number of amides is 2. The molecule has 0 saturated carbocycles. The van der Waals surface area contributed by atoms with E-state index in [4.69, 9.17) is 14.7 Å². The largest absolute Gasteiger partial charge is 0.467 e. The molecule has 0 fully saturated rings. The van der Waals surface area contributed by atoms with E-state index in [0.717, 1.165) is 12.0 Å². The maximum atomic E-state index is 12.1. The van der Waals surface area contributed by atoms with Gasteiger partial charge >= 0.3 is 12.1 Å². The molecule has 1 aromatic rings. The van der Waals surface area contributed by atoms with Crippen LogP contribution in [-0.2, 0) is 25.7 Å². The van der Waals surface area contributed by atoms with Gasteiger partial charge in [-0.3, -0.25) is 4.79 Å². The first kappa shape index (κ1) is 24.0. The van der Waals surface area contributed by atoms with Crippen molar-refractivity contribution in [3.05, 3.63) is 35.9 Å². The number of carbonyl (C=O) groups is 3. The number of esters is 1. The highest BCUT2D eigenvalue weighted by molar-refractivity contribution is 5.84. The monoisotopic (exact) mass is 403 g/mol. The molecule has 1 aromatic carbocycles. The van der Waals surface area contributed by atoms with Crippen molar-refractivity contribution >= 4 is 18.0 Å². The Morgan fingerprint density at radius 1 is 1.14 bits per heavy atom. The number of unbranched alkanes of at least 4 members (excludes halogenated alkanes) is 2. The molecule has 0 unspecified atom stereocenters. The Hall–Kier alpha value is -3.08. The van der Waals surface area contributed by atoms with Crippen LogP contribution in [0.5, 0.6) is 0 Å². The van der Waals surface area contributed by atoms with E-state index >= 15 is 0 Å². The number of hydrogen-bond donors (Lipinski definition) is 2. The first-order valence-electron chi connectivity index (χ1n) is 9.66. The highest BCUT2D eigenvalue weighted by Gasteiger charge is 2.27. The van der Waals surface area contributed by atoms with Crippen LogP contribution >= 0.6 is 0 Å². The van der Waals surface area contributed by atoms with Crippen molar-refractivity contribution in [2.45, 2.75) is 51.7 Å². The molecule has 0 aromatic heterocycles. The van der Waals surface area contributed by atoms with Gasteiger partial charge in [0.1, 0.15) is 12.6 Å². The average Bonchev–Trinajstić information content (AvgIpc) is 2.73. The van der Waals surface area contributed by atoms with Crippen molar-refractivity contribution in [3.8, 4) is 6.07 Å². The van der Waals surface area contributed by atoms with Crippen molar-refractivity contribution in [1.29, 1.82) is 5.26 Å². The van der Waals surface area contributed by atoms with Gasteiger partial charge in [0, 0.05) is 25.3 Å². The molecule has 8 heteroatoms. The minimum atomic E-state index is -0.826. The quantitative estimate of drug-likeness (QED) is 0.409. The fourth-order valence-electron chi connectivity index (χ4n) is 2.62. The average molecular weight is 403 g/mol. The summed E-state index contributed by atoms with van der Waals surface area (Å²) in [5, 5.41) is 14.1. The Labute approximate surface area is 171 Å². The lowest BCUT2D eigenvalue weighted by molar-refractivity contribution is -0.146.